The number of rotatable bonds is 2. The first-order valence-electron chi connectivity index (χ1n) is 4.04. The van der Waals surface area contributed by atoms with Crippen LogP contribution in [0.2, 0.25) is 0 Å². The molecule has 0 radical (unpaired) electrons. The largest absolute Gasteiger partial charge is 0.250 e. The fourth-order valence-corrected chi connectivity index (χ4v) is 0.945. The molecule has 12 heavy (non-hydrogen) atoms. The number of hydrogen-bond donors (Lipinski definition) is 0. The third-order valence-electron chi connectivity index (χ3n) is 1.57. The van der Waals surface area contributed by atoms with E-state index in [0.29, 0.717) is 11.5 Å². The standard InChI is InChI=1S/C8H14O4/c1-5(2)7-8(6(3)4)10-12-11-9-7/h5-6H,1-4H3. The zero-order chi connectivity index (χ0) is 9.14. The Morgan fingerprint density at radius 1 is 0.750 bits per heavy atom. The molecule has 4 nitrogen and oxygen atoms in total. The van der Waals surface area contributed by atoms with Crippen molar-refractivity contribution in [3.63, 3.8) is 0 Å². The zero-order valence-electron chi connectivity index (χ0n) is 7.79. The van der Waals surface area contributed by atoms with Gasteiger partial charge in [0, 0.05) is 11.8 Å². The van der Waals surface area contributed by atoms with E-state index in [1.54, 1.807) is 0 Å². The second kappa shape index (κ2) is 3.56. The van der Waals surface area contributed by atoms with Crippen LogP contribution in [0.5, 0.6) is 0 Å². The van der Waals surface area contributed by atoms with Gasteiger partial charge in [0.2, 0.25) is 11.5 Å². The van der Waals surface area contributed by atoms with Crippen molar-refractivity contribution in [3.8, 4) is 0 Å². The monoisotopic (exact) mass is 174 g/mol. The third kappa shape index (κ3) is 1.75. The second-order valence-electron chi connectivity index (χ2n) is 3.34. The van der Waals surface area contributed by atoms with Crippen LogP contribution >= 0.6 is 0 Å². The van der Waals surface area contributed by atoms with Crippen LogP contribution in [0.3, 0.4) is 0 Å². The van der Waals surface area contributed by atoms with E-state index in [1.807, 2.05) is 27.7 Å². The summed E-state index contributed by atoms with van der Waals surface area (Å²) in [7, 11) is 0. The lowest BCUT2D eigenvalue weighted by molar-refractivity contribution is -0.320. The molecule has 0 atom stereocenters. The summed E-state index contributed by atoms with van der Waals surface area (Å²) in [5.41, 5.74) is 0. The molecular weight excluding hydrogens is 160 g/mol. The van der Waals surface area contributed by atoms with E-state index in [4.69, 9.17) is 9.15 Å². The van der Waals surface area contributed by atoms with Crippen LogP contribution in [0.15, 0.2) is 18.6 Å². The van der Waals surface area contributed by atoms with Crippen LogP contribution in [0.1, 0.15) is 51.1 Å². The van der Waals surface area contributed by atoms with Crippen LogP contribution in [-0.4, -0.2) is 0 Å². The van der Waals surface area contributed by atoms with Gasteiger partial charge >= 0.3 is 0 Å². The molecule has 1 aromatic heterocycles. The molecule has 0 aromatic carbocycles. The average molecular weight is 174 g/mol. The zero-order valence-corrected chi connectivity index (χ0v) is 7.79. The van der Waals surface area contributed by atoms with E-state index in [0.717, 1.165) is 0 Å². The molecular formula is C8H14O4. The Bertz CT molecular complexity index is 230. The van der Waals surface area contributed by atoms with Gasteiger partial charge in [-0.05, 0) is 9.47 Å². The Kier molecular flexibility index (Phi) is 2.68. The molecule has 0 unspecified atom stereocenters. The lowest BCUT2D eigenvalue weighted by atomic mass is 10.0. The topological polar surface area (TPSA) is 52.6 Å². The van der Waals surface area contributed by atoms with Gasteiger partial charge in [-0.25, -0.2) is 9.15 Å². The smallest absolute Gasteiger partial charge is 0.205 e. The lowest BCUT2D eigenvalue weighted by Gasteiger charge is -2.06. The van der Waals surface area contributed by atoms with Crippen molar-refractivity contribution < 1.29 is 18.6 Å². The highest BCUT2D eigenvalue weighted by Crippen LogP contribution is 2.25. The SMILES string of the molecule is CC(C)c1ooooc1C(C)C. The van der Waals surface area contributed by atoms with Crippen LogP contribution in [0.25, 0.3) is 0 Å². The normalized spacial score (nSPS) is 11.2. The van der Waals surface area contributed by atoms with E-state index in [2.05, 4.69) is 9.47 Å². The maximum absolute atomic E-state index is 4.85. The van der Waals surface area contributed by atoms with Crippen LogP contribution < -0.4 is 0 Å². The molecule has 70 valence electrons. The summed E-state index contributed by atoms with van der Waals surface area (Å²) < 4.78 is 18.2. The maximum Gasteiger partial charge on any atom is 0.205 e. The van der Waals surface area contributed by atoms with Crippen molar-refractivity contribution in [2.75, 3.05) is 0 Å². The van der Waals surface area contributed by atoms with Gasteiger partial charge in [0.15, 0.2) is 0 Å². The van der Waals surface area contributed by atoms with Gasteiger partial charge in [0.25, 0.3) is 0 Å². The predicted molar refractivity (Wildman–Crippen MR) is 41.3 cm³/mol. The molecule has 0 aliphatic rings. The molecule has 0 bridgehead atoms. The highest BCUT2D eigenvalue weighted by molar-refractivity contribution is 5.09. The maximum atomic E-state index is 4.85. The summed E-state index contributed by atoms with van der Waals surface area (Å²) in [4.78, 5) is 0. The van der Waals surface area contributed by atoms with Gasteiger partial charge in [0.05, 0.1) is 0 Å². The summed E-state index contributed by atoms with van der Waals surface area (Å²) in [6.07, 6.45) is 0. The minimum Gasteiger partial charge on any atom is -0.250 e. The highest BCUT2D eigenvalue weighted by atomic mass is 17.4. The van der Waals surface area contributed by atoms with Gasteiger partial charge < -0.3 is 0 Å². The van der Waals surface area contributed by atoms with Gasteiger partial charge in [-0.15, -0.1) is 0 Å². The second-order valence-corrected chi connectivity index (χ2v) is 3.34. The molecule has 0 fully saturated rings. The van der Waals surface area contributed by atoms with Gasteiger partial charge in [-0.3, -0.25) is 0 Å². The van der Waals surface area contributed by atoms with E-state index in [1.165, 1.54) is 0 Å². The van der Waals surface area contributed by atoms with Gasteiger partial charge in [0.1, 0.15) is 0 Å². The summed E-state index contributed by atoms with van der Waals surface area (Å²) in [6.45, 7) is 7.98. The average Bonchev–Trinajstić information content (AvgIpc) is 2.04. The van der Waals surface area contributed by atoms with E-state index in [9.17, 15) is 0 Å². The molecule has 0 aliphatic carbocycles. The van der Waals surface area contributed by atoms with Crippen LogP contribution in [0.4, 0.5) is 0 Å². The fourth-order valence-electron chi connectivity index (χ4n) is 0.945. The molecule has 1 aromatic rings. The minimum atomic E-state index is 0.228. The highest BCUT2D eigenvalue weighted by Gasteiger charge is 2.17. The Morgan fingerprint density at radius 3 is 1.33 bits per heavy atom. The van der Waals surface area contributed by atoms with Crippen LogP contribution in [0, 0.1) is 0 Å². The summed E-state index contributed by atoms with van der Waals surface area (Å²) in [5, 5.41) is 0. The molecule has 0 spiro atoms. The quantitative estimate of drug-likeness (QED) is 0.644. The summed E-state index contributed by atoms with van der Waals surface area (Å²) in [6, 6.07) is 0. The fraction of sp³-hybridized carbons (Fsp3) is 0.750. The van der Waals surface area contributed by atoms with Crippen molar-refractivity contribution in [1.29, 1.82) is 0 Å². The van der Waals surface area contributed by atoms with Crippen molar-refractivity contribution in [1.82, 2.24) is 0 Å². The Balaban J connectivity index is 3.09. The van der Waals surface area contributed by atoms with Crippen molar-refractivity contribution in [3.05, 3.63) is 11.5 Å². The van der Waals surface area contributed by atoms with E-state index in [-0.39, 0.29) is 11.8 Å². The van der Waals surface area contributed by atoms with Crippen molar-refractivity contribution >= 4 is 0 Å². The molecule has 4 heteroatoms. The minimum absolute atomic E-state index is 0.228. The molecule has 1 rings (SSSR count). The molecule has 0 saturated heterocycles. The first kappa shape index (κ1) is 9.03. The van der Waals surface area contributed by atoms with E-state index < -0.39 is 0 Å². The van der Waals surface area contributed by atoms with E-state index >= 15 is 0 Å². The first-order chi connectivity index (χ1) is 5.63. The van der Waals surface area contributed by atoms with Crippen molar-refractivity contribution in [2.45, 2.75) is 39.5 Å². The Hall–Kier alpha value is -1.06. The Labute approximate surface area is 70.6 Å². The van der Waals surface area contributed by atoms with Crippen LogP contribution in [-0.2, 0) is 0 Å². The molecule has 0 amide bonds. The van der Waals surface area contributed by atoms with Crippen molar-refractivity contribution in [2.24, 2.45) is 0 Å². The molecule has 1 heterocycles. The number of hydrogen-bond acceptors (Lipinski definition) is 4. The lowest BCUT2D eigenvalue weighted by Crippen LogP contribution is -1.97. The van der Waals surface area contributed by atoms with Gasteiger partial charge in [-0.1, -0.05) is 27.7 Å². The Morgan fingerprint density at radius 2 is 1.08 bits per heavy atom. The van der Waals surface area contributed by atoms with Gasteiger partial charge in [-0.2, -0.15) is 0 Å². The molecule has 0 aliphatic heterocycles. The molecule has 0 saturated carbocycles. The first-order valence-corrected chi connectivity index (χ1v) is 4.04. The third-order valence-corrected chi connectivity index (χ3v) is 1.57. The summed E-state index contributed by atoms with van der Waals surface area (Å²) in [5.74, 6) is 1.84. The predicted octanol–water partition coefficient (Wildman–Crippen LogP) is 3.43. The molecule has 0 N–H and O–H groups in total. The summed E-state index contributed by atoms with van der Waals surface area (Å²) >= 11 is 0.